The first-order valence-corrected chi connectivity index (χ1v) is 6.12. The first kappa shape index (κ1) is 14.9. The van der Waals surface area contributed by atoms with Gasteiger partial charge in [-0.3, -0.25) is 14.3 Å². The third kappa shape index (κ3) is 1.91. The highest BCUT2D eigenvalue weighted by Gasteiger charge is 2.63. The number of halogens is 1. The summed E-state index contributed by atoms with van der Waals surface area (Å²) in [6.07, 6.45) is -1.46. The first-order chi connectivity index (χ1) is 9.12. The van der Waals surface area contributed by atoms with Crippen LogP contribution >= 0.6 is 0 Å². The lowest BCUT2D eigenvalue weighted by Crippen LogP contribution is -2.52. The molecule has 1 fully saturated rings. The number of aryl methyl sites for hydroxylation is 1. The fourth-order valence-corrected chi connectivity index (χ4v) is 2.29. The number of hydrogen-bond acceptors (Lipinski definition) is 5. The molecule has 0 spiro atoms. The second-order valence-corrected chi connectivity index (χ2v) is 5.36. The lowest BCUT2D eigenvalue weighted by atomic mass is 9.85. The summed E-state index contributed by atoms with van der Waals surface area (Å²) < 4.78 is 21.0. The minimum absolute atomic E-state index is 0.205. The van der Waals surface area contributed by atoms with Crippen molar-refractivity contribution in [1.29, 1.82) is 0 Å². The van der Waals surface area contributed by atoms with Crippen molar-refractivity contribution in [3.05, 3.63) is 32.6 Å². The highest BCUT2D eigenvalue weighted by Crippen LogP contribution is 2.47. The Labute approximate surface area is 113 Å². The van der Waals surface area contributed by atoms with Crippen LogP contribution in [0.2, 0.25) is 0 Å². The maximum Gasteiger partial charge on any atom is 0.330 e. The maximum absolute atomic E-state index is 14.9. The van der Waals surface area contributed by atoms with E-state index in [0.717, 1.165) is 11.5 Å². The Morgan fingerprint density at radius 3 is 2.60 bits per heavy atom. The number of aliphatic hydroxyl groups is 2. The van der Waals surface area contributed by atoms with Crippen molar-refractivity contribution in [2.45, 2.75) is 44.4 Å². The van der Waals surface area contributed by atoms with E-state index in [9.17, 15) is 19.1 Å². The first-order valence-electron chi connectivity index (χ1n) is 6.12. The maximum atomic E-state index is 14.9. The number of alkyl halides is 1. The number of aliphatic hydroxyl groups excluding tert-OH is 1. The predicted octanol–water partition coefficient (Wildman–Crippen LogP) is -0.786. The third-order valence-electron chi connectivity index (χ3n) is 3.94. The van der Waals surface area contributed by atoms with Crippen LogP contribution in [0.4, 0.5) is 4.39 Å². The van der Waals surface area contributed by atoms with Gasteiger partial charge in [0, 0.05) is 11.8 Å². The molecule has 0 bridgehead atoms. The number of aromatic amines is 1. The average Bonchev–Trinajstić information content (AvgIpc) is 2.52. The Morgan fingerprint density at radius 2 is 2.10 bits per heavy atom. The van der Waals surface area contributed by atoms with Crippen molar-refractivity contribution < 1.29 is 19.3 Å². The molecule has 20 heavy (non-hydrogen) atoms. The van der Waals surface area contributed by atoms with Gasteiger partial charge in [0.1, 0.15) is 11.7 Å². The molecule has 1 aromatic heterocycles. The number of hydrogen-bond donors (Lipinski definition) is 3. The van der Waals surface area contributed by atoms with Crippen LogP contribution in [0.15, 0.2) is 15.8 Å². The molecular weight excluding hydrogens is 271 g/mol. The minimum atomic E-state index is -2.32. The van der Waals surface area contributed by atoms with E-state index in [1.165, 1.54) is 20.0 Å². The summed E-state index contributed by atoms with van der Waals surface area (Å²) in [5, 5.41) is 19.4. The molecule has 112 valence electrons. The fourth-order valence-electron chi connectivity index (χ4n) is 2.29. The topological polar surface area (TPSA) is 105 Å². The van der Waals surface area contributed by atoms with Gasteiger partial charge in [0.15, 0.2) is 11.9 Å². The van der Waals surface area contributed by atoms with E-state index in [2.05, 4.69) is 0 Å². The zero-order valence-electron chi connectivity index (χ0n) is 11.4. The fraction of sp³-hybridized carbons (Fsp3) is 0.667. The molecule has 2 heterocycles. The number of rotatable bonds is 2. The highest BCUT2D eigenvalue weighted by atomic mass is 19.1. The summed E-state index contributed by atoms with van der Waals surface area (Å²) in [6.45, 7) is 3.14. The van der Waals surface area contributed by atoms with E-state index in [4.69, 9.17) is 9.84 Å². The van der Waals surface area contributed by atoms with Crippen LogP contribution in [0.1, 0.15) is 25.6 Å². The van der Waals surface area contributed by atoms with Crippen molar-refractivity contribution in [2.75, 3.05) is 6.61 Å². The average molecular weight is 288 g/mol. The summed E-state index contributed by atoms with van der Waals surface area (Å²) >= 11 is 0. The van der Waals surface area contributed by atoms with Crippen LogP contribution in [-0.2, 0) is 4.74 Å². The molecule has 0 aromatic carbocycles. The molecule has 8 heteroatoms. The van der Waals surface area contributed by atoms with Crippen LogP contribution in [0.5, 0.6) is 0 Å². The molecule has 4 atom stereocenters. The van der Waals surface area contributed by atoms with E-state index >= 15 is 0 Å². The van der Waals surface area contributed by atoms with Gasteiger partial charge in [-0.2, -0.15) is 0 Å². The summed E-state index contributed by atoms with van der Waals surface area (Å²) in [6, 6.07) is 0. The molecule has 0 amide bonds. The van der Waals surface area contributed by atoms with Gasteiger partial charge in [-0.1, -0.05) is 0 Å². The molecule has 7 nitrogen and oxygen atoms in total. The SMILES string of the molecule is Cc1cn([C@@H]2O[C@@H](CO)[C@@](C)(O)[C@]2(C)F)c(=O)[nH]c1=O. The highest BCUT2D eigenvalue weighted by molar-refractivity contribution is 5.11. The van der Waals surface area contributed by atoms with E-state index in [1.54, 1.807) is 0 Å². The molecule has 1 aliphatic rings. The van der Waals surface area contributed by atoms with Gasteiger partial charge in [0.2, 0.25) is 0 Å². The van der Waals surface area contributed by atoms with Crippen LogP contribution < -0.4 is 11.2 Å². The molecule has 1 aliphatic heterocycles. The minimum Gasteiger partial charge on any atom is -0.394 e. The second kappa shape index (κ2) is 4.51. The van der Waals surface area contributed by atoms with Crippen molar-refractivity contribution in [2.24, 2.45) is 0 Å². The van der Waals surface area contributed by atoms with Crippen LogP contribution in [0, 0.1) is 6.92 Å². The number of nitrogens with zero attached hydrogens (tertiary/aromatic N) is 1. The number of H-pyrrole nitrogens is 1. The monoisotopic (exact) mass is 288 g/mol. The lowest BCUT2D eigenvalue weighted by molar-refractivity contribution is -0.0892. The predicted molar refractivity (Wildman–Crippen MR) is 67.2 cm³/mol. The molecule has 0 radical (unpaired) electrons. The molecule has 1 aromatic rings. The lowest BCUT2D eigenvalue weighted by Gasteiger charge is -2.32. The molecule has 0 aliphatic carbocycles. The van der Waals surface area contributed by atoms with E-state index < -0.39 is 41.5 Å². The van der Waals surface area contributed by atoms with Crippen LogP contribution in [0.3, 0.4) is 0 Å². The largest absolute Gasteiger partial charge is 0.394 e. The summed E-state index contributed by atoms with van der Waals surface area (Å²) in [5.41, 5.74) is -5.51. The van der Waals surface area contributed by atoms with Gasteiger partial charge >= 0.3 is 5.69 Å². The number of ether oxygens (including phenoxy) is 1. The molecular formula is C12H17FN2O5. The second-order valence-electron chi connectivity index (χ2n) is 5.36. The molecule has 1 saturated heterocycles. The van der Waals surface area contributed by atoms with Gasteiger partial charge in [-0.15, -0.1) is 0 Å². The van der Waals surface area contributed by atoms with Gasteiger partial charge in [0.25, 0.3) is 5.56 Å². The van der Waals surface area contributed by atoms with Crippen molar-refractivity contribution in [3.63, 3.8) is 0 Å². The zero-order valence-corrected chi connectivity index (χ0v) is 11.4. The molecule has 2 rings (SSSR count). The normalized spacial score (nSPS) is 37.3. The van der Waals surface area contributed by atoms with Gasteiger partial charge in [-0.25, -0.2) is 9.18 Å². The Balaban J connectivity index is 2.57. The Morgan fingerprint density at radius 1 is 1.50 bits per heavy atom. The number of aromatic nitrogens is 2. The van der Waals surface area contributed by atoms with E-state index in [1.807, 2.05) is 4.98 Å². The van der Waals surface area contributed by atoms with Crippen molar-refractivity contribution in [3.8, 4) is 0 Å². The Bertz CT molecular complexity index is 633. The van der Waals surface area contributed by atoms with Crippen LogP contribution in [0.25, 0.3) is 0 Å². The quantitative estimate of drug-likeness (QED) is 0.662. The number of nitrogens with one attached hydrogen (secondary N) is 1. The Hall–Kier alpha value is -1.51. The van der Waals surface area contributed by atoms with Crippen LogP contribution in [-0.4, -0.2) is 43.7 Å². The molecule has 0 saturated carbocycles. The van der Waals surface area contributed by atoms with E-state index in [-0.39, 0.29) is 5.56 Å². The standard InChI is InChI=1S/C12H17FN2O5/c1-6-4-15(10(18)14-8(6)17)9-11(2,13)12(3,19)7(5-16)20-9/h4,7,9,16,19H,5H2,1-3H3,(H,14,17,18)/t7-,9+,11+,12+/m0/s1. The smallest absolute Gasteiger partial charge is 0.330 e. The summed E-state index contributed by atoms with van der Waals surface area (Å²) in [7, 11) is 0. The van der Waals surface area contributed by atoms with E-state index in [0.29, 0.717) is 0 Å². The Kier molecular flexibility index (Phi) is 3.35. The third-order valence-corrected chi connectivity index (χ3v) is 3.94. The van der Waals surface area contributed by atoms with Crippen molar-refractivity contribution >= 4 is 0 Å². The van der Waals surface area contributed by atoms with Gasteiger partial charge < -0.3 is 14.9 Å². The molecule has 0 unspecified atom stereocenters. The summed E-state index contributed by atoms with van der Waals surface area (Å²) in [4.78, 5) is 25.2. The summed E-state index contributed by atoms with van der Waals surface area (Å²) in [5.74, 6) is 0. The van der Waals surface area contributed by atoms with Gasteiger partial charge in [-0.05, 0) is 20.8 Å². The zero-order chi connectivity index (χ0) is 15.3. The van der Waals surface area contributed by atoms with Gasteiger partial charge in [0.05, 0.1) is 6.61 Å². The van der Waals surface area contributed by atoms with Crippen molar-refractivity contribution in [1.82, 2.24) is 9.55 Å². The molecule has 3 N–H and O–H groups in total.